The zero-order chi connectivity index (χ0) is 23.0. The van der Waals surface area contributed by atoms with Gasteiger partial charge in [0.15, 0.2) is 5.69 Å². The Balaban J connectivity index is 1.90. The van der Waals surface area contributed by atoms with Gasteiger partial charge in [0.25, 0.3) is 0 Å². The summed E-state index contributed by atoms with van der Waals surface area (Å²) in [7, 11) is -1.69. The summed E-state index contributed by atoms with van der Waals surface area (Å²) in [4.78, 5) is 12.6. The Morgan fingerprint density at radius 2 is 1.81 bits per heavy atom. The van der Waals surface area contributed by atoms with Crippen LogP contribution in [0.3, 0.4) is 0 Å². The molecule has 0 atom stereocenters. The highest BCUT2D eigenvalue weighted by molar-refractivity contribution is 6.76. The van der Waals surface area contributed by atoms with Gasteiger partial charge < -0.3 is 18.8 Å². The molecule has 2 aromatic rings. The second-order valence-electron chi connectivity index (χ2n) is 10.3. The molecule has 0 unspecified atom stereocenters. The topological polar surface area (TPSA) is 71.8 Å². The lowest BCUT2D eigenvalue weighted by Crippen LogP contribution is -2.41. The van der Waals surface area contributed by atoms with Crippen LogP contribution < -0.4 is 5.46 Å². The number of nitrogens with zero attached hydrogens (tertiary/aromatic N) is 2. The number of ether oxygens (including phenoxy) is 2. The fourth-order valence-corrected chi connectivity index (χ4v) is 4.06. The quantitative estimate of drug-likeness (QED) is 0.349. The predicted molar refractivity (Wildman–Crippen MR) is 126 cm³/mol. The Morgan fingerprint density at radius 3 is 2.39 bits per heavy atom. The highest BCUT2D eigenvalue weighted by Crippen LogP contribution is 2.36. The van der Waals surface area contributed by atoms with Crippen LogP contribution in [0.2, 0.25) is 25.7 Å². The van der Waals surface area contributed by atoms with Crippen molar-refractivity contribution < 1.29 is 23.6 Å². The maximum absolute atomic E-state index is 12.6. The third-order valence-electron chi connectivity index (χ3n) is 5.98. The molecule has 170 valence electrons. The van der Waals surface area contributed by atoms with E-state index in [2.05, 4.69) is 24.7 Å². The first-order valence-electron chi connectivity index (χ1n) is 11.0. The van der Waals surface area contributed by atoms with Gasteiger partial charge in [-0.2, -0.15) is 5.10 Å². The van der Waals surface area contributed by atoms with Crippen molar-refractivity contribution in [3.63, 3.8) is 0 Å². The highest BCUT2D eigenvalue weighted by Gasteiger charge is 2.51. The minimum absolute atomic E-state index is 0.281. The Morgan fingerprint density at radius 1 is 1.16 bits per heavy atom. The molecule has 2 heterocycles. The highest BCUT2D eigenvalue weighted by atomic mass is 28.3. The van der Waals surface area contributed by atoms with Gasteiger partial charge >= 0.3 is 13.1 Å². The van der Waals surface area contributed by atoms with Gasteiger partial charge in [0.2, 0.25) is 0 Å². The van der Waals surface area contributed by atoms with Gasteiger partial charge in [-0.15, -0.1) is 0 Å². The van der Waals surface area contributed by atoms with E-state index in [0.717, 1.165) is 17.0 Å². The number of benzene rings is 1. The molecule has 0 bridgehead atoms. The van der Waals surface area contributed by atoms with E-state index in [1.165, 1.54) is 0 Å². The molecule has 0 radical (unpaired) electrons. The molecule has 9 heteroatoms. The molecule has 7 nitrogen and oxygen atoms in total. The summed E-state index contributed by atoms with van der Waals surface area (Å²) in [5, 5.41) is 5.22. The monoisotopic (exact) mass is 446 g/mol. The SMILES string of the molecule is CCOC(=O)c1nn(COCC[Si](C)(C)C)c2ccc(B3OC(C)(C)C(C)(C)O3)cc12. The Bertz CT molecular complexity index is 935. The average molecular weight is 446 g/mol. The molecule has 0 saturated carbocycles. The van der Waals surface area contributed by atoms with E-state index in [1.54, 1.807) is 11.6 Å². The normalized spacial score (nSPS) is 18.0. The Hall–Kier alpha value is -1.68. The van der Waals surface area contributed by atoms with Crippen molar-refractivity contribution in [2.45, 2.75) is 78.2 Å². The van der Waals surface area contributed by atoms with E-state index in [4.69, 9.17) is 18.8 Å². The summed E-state index contributed by atoms with van der Waals surface area (Å²) in [6.45, 7) is 18.1. The van der Waals surface area contributed by atoms with E-state index in [0.29, 0.717) is 12.0 Å². The fourth-order valence-electron chi connectivity index (χ4n) is 3.30. The zero-order valence-electron chi connectivity index (χ0n) is 20.1. The zero-order valence-corrected chi connectivity index (χ0v) is 21.1. The molecule has 3 rings (SSSR count). The summed E-state index contributed by atoms with van der Waals surface area (Å²) in [6, 6.07) is 6.88. The van der Waals surface area contributed by atoms with Crippen molar-refractivity contribution in [1.29, 1.82) is 0 Å². The number of carbonyl (C=O) groups excluding carboxylic acids is 1. The first kappa shape index (κ1) is 24.0. The summed E-state index contributed by atoms with van der Waals surface area (Å²) in [6.07, 6.45) is 0. The van der Waals surface area contributed by atoms with Gasteiger partial charge in [-0.05, 0) is 52.2 Å². The van der Waals surface area contributed by atoms with Crippen LogP contribution in [0.1, 0.15) is 45.1 Å². The lowest BCUT2D eigenvalue weighted by atomic mass is 9.78. The molecular formula is C22H35BN2O5Si. The Kier molecular flexibility index (Phi) is 6.72. The molecule has 1 saturated heterocycles. The second kappa shape index (κ2) is 8.69. The number of carbonyl (C=O) groups is 1. The number of fused-ring (bicyclic) bond motifs is 1. The molecule has 1 aliphatic rings. The van der Waals surface area contributed by atoms with Gasteiger partial charge in [0, 0.05) is 20.1 Å². The number of esters is 1. The molecule has 0 spiro atoms. The van der Waals surface area contributed by atoms with E-state index in [-0.39, 0.29) is 19.0 Å². The van der Waals surface area contributed by atoms with Gasteiger partial charge in [-0.25, -0.2) is 9.48 Å². The molecule has 0 N–H and O–H groups in total. The van der Waals surface area contributed by atoms with Crippen LogP contribution in [0, 0.1) is 0 Å². The third kappa shape index (κ3) is 5.22. The molecule has 0 amide bonds. The van der Waals surface area contributed by atoms with Gasteiger partial charge in [-0.1, -0.05) is 31.8 Å². The van der Waals surface area contributed by atoms with Crippen LogP contribution in [0.15, 0.2) is 18.2 Å². The van der Waals surface area contributed by atoms with Crippen LogP contribution in [0.4, 0.5) is 0 Å². The van der Waals surface area contributed by atoms with Crippen LogP contribution in [0.5, 0.6) is 0 Å². The molecule has 31 heavy (non-hydrogen) atoms. The minimum atomic E-state index is -1.18. The van der Waals surface area contributed by atoms with Crippen molar-refractivity contribution >= 4 is 37.5 Å². The predicted octanol–water partition coefficient (Wildman–Crippen LogP) is 3.82. The van der Waals surface area contributed by atoms with E-state index in [1.807, 2.05) is 45.9 Å². The van der Waals surface area contributed by atoms with Gasteiger partial charge in [-0.3, -0.25) is 0 Å². The molecule has 1 fully saturated rings. The first-order chi connectivity index (χ1) is 14.3. The van der Waals surface area contributed by atoms with Crippen molar-refractivity contribution in [1.82, 2.24) is 9.78 Å². The van der Waals surface area contributed by atoms with Crippen LogP contribution in [0.25, 0.3) is 10.9 Å². The molecular weight excluding hydrogens is 411 g/mol. The molecule has 1 aliphatic heterocycles. The van der Waals surface area contributed by atoms with Crippen molar-refractivity contribution in [2.75, 3.05) is 13.2 Å². The van der Waals surface area contributed by atoms with E-state index in [9.17, 15) is 4.79 Å². The maximum atomic E-state index is 12.6. The summed E-state index contributed by atoms with van der Waals surface area (Å²) >= 11 is 0. The fraction of sp³-hybridized carbons (Fsp3) is 0.636. The average Bonchev–Trinajstić information content (AvgIpc) is 3.11. The van der Waals surface area contributed by atoms with Crippen molar-refractivity contribution in [3.05, 3.63) is 23.9 Å². The summed E-state index contributed by atoms with van der Waals surface area (Å²) in [5.41, 5.74) is 1.06. The number of hydrogen-bond acceptors (Lipinski definition) is 6. The van der Waals surface area contributed by atoms with Crippen LogP contribution in [-0.2, 0) is 25.5 Å². The largest absolute Gasteiger partial charge is 0.494 e. The van der Waals surface area contributed by atoms with Crippen molar-refractivity contribution in [2.24, 2.45) is 0 Å². The molecule has 1 aromatic carbocycles. The number of hydrogen-bond donors (Lipinski definition) is 0. The molecule has 0 aliphatic carbocycles. The van der Waals surface area contributed by atoms with Crippen LogP contribution in [-0.4, -0.2) is 55.4 Å². The Labute approximate surface area is 186 Å². The summed E-state index contributed by atoms with van der Waals surface area (Å²) < 4.78 is 25.2. The van der Waals surface area contributed by atoms with E-state index < -0.39 is 32.4 Å². The van der Waals surface area contributed by atoms with E-state index >= 15 is 0 Å². The van der Waals surface area contributed by atoms with Gasteiger partial charge in [0.1, 0.15) is 6.73 Å². The van der Waals surface area contributed by atoms with Crippen molar-refractivity contribution in [3.8, 4) is 0 Å². The third-order valence-corrected chi connectivity index (χ3v) is 7.68. The lowest BCUT2D eigenvalue weighted by molar-refractivity contribution is 0.00578. The summed E-state index contributed by atoms with van der Waals surface area (Å²) in [5.74, 6) is -0.445. The number of rotatable bonds is 8. The maximum Gasteiger partial charge on any atom is 0.494 e. The minimum Gasteiger partial charge on any atom is -0.461 e. The first-order valence-corrected chi connectivity index (χ1v) is 14.7. The van der Waals surface area contributed by atoms with Gasteiger partial charge in [0.05, 0.1) is 23.3 Å². The number of aromatic nitrogens is 2. The lowest BCUT2D eigenvalue weighted by Gasteiger charge is -2.32. The second-order valence-corrected chi connectivity index (χ2v) is 15.9. The smallest absolute Gasteiger partial charge is 0.461 e. The molecule has 1 aromatic heterocycles. The standard InChI is InChI=1S/C22H35BN2O5Si/c1-9-28-20(26)19-17-14-16(23-29-21(2,3)22(4,5)30-23)10-11-18(17)25(24-19)15-27-12-13-31(6,7)8/h10-11,14H,9,12-13,15H2,1-8H3. The van der Waals surface area contributed by atoms with Crippen LogP contribution >= 0.6 is 0 Å².